The van der Waals surface area contributed by atoms with Crippen LogP contribution in [0.4, 0.5) is 23.7 Å². The maximum absolute atomic E-state index is 12.8. The molecule has 0 saturated heterocycles. The van der Waals surface area contributed by atoms with Gasteiger partial charge < -0.3 is 20.1 Å². The highest BCUT2D eigenvalue weighted by Crippen LogP contribution is 2.33. The normalized spacial score (nSPS) is 18.9. The van der Waals surface area contributed by atoms with Crippen molar-refractivity contribution in [3.05, 3.63) is 54.1 Å². The number of benzene rings is 2. The molecule has 0 unspecified atom stereocenters. The smallest absolute Gasteiger partial charge is 0.416 e. The van der Waals surface area contributed by atoms with Gasteiger partial charge in [0.15, 0.2) is 0 Å². The monoisotopic (exact) mass is 394 g/mol. The Morgan fingerprint density at radius 3 is 2.46 bits per heavy atom. The van der Waals surface area contributed by atoms with Crippen molar-refractivity contribution in [3.8, 4) is 11.5 Å². The summed E-state index contributed by atoms with van der Waals surface area (Å²) in [6.45, 7) is 0.545. The lowest BCUT2D eigenvalue weighted by Gasteiger charge is -2.34. The van der Waals surface area contributed by atoms with Crippen LogP contribution in [0.1, 0.15) is 18.4 Å². The SMILES string of the molecule is CN(CC1CC(O)C1)C(=O)Nc1cccc(Oc2cccc(C(F)(F)F)c2)c1. The molecule has 1 saturated carbocycles. The van der Waals surface area contributed by atoms with Crippen molar-refractivity contribution >= 4 is 11.7 Å². The number of ether oxygens (including phenoxy) is 1. The van der Waals surface area contributed by atoms with E-state index in [1.807, 2.05) is 0 Å². The van der Waals surface area contributed by atoms with Gasteiger partial charge in [0, 0.05) is 25.3 Å². The van der Waals surface area contributed by atoms with E-state index >= 15 is 0 Å². The van der Waals surface area contributed by atoms with Crippen LogP contribution in [0, 0.1) is 5.92 Å². The van der Waals surface area contributed by atoms with Crippen LogP contribution < -0.4 is 10.1 Å². The van der Waals surface area contributed by atoms with Gasteiger partial charge in [-0.3, -0.25) is 0 Å². The summed E-state index contributed by atoms with van der Waals surface area (Å²) >= 11 is 0. The quantitative estimate of drug-likeness (QED) is 0.771. The van der Waals surface area contributed by atoms with E-state index in [0.717, 1.165) is 12.1 Å². The van der Waals surface area contributed by atoms with Crippen LogP contribution in [0.2, 0.25) is 0 Å². The molecule has 1 fully saturated rings. The van der Waals surface area contributed by atoms with Gasteiger partial charge in [0.05, 0.1) is 11.7 Å². The number of carbonyl (C=O) groups excluding carboxylic acids is 1. The van der Waals surface area contributed by atoms with E-state index in [4.69, 9.17) is 4.74 Å². The van der Waals surface area contributed by atoms with E-state index in [2.05, 4.69) is 5.32 Å². The fourth-order valence-electron chi connectivity index (χ4n) is 3.05. The first-order valence-electron chi connectivity index (χ1n) is 8.86. The minimum atomic E-state index is -4.45. The van der Waals surface area contributed by atoms with Gasteiger partial charge in [0.1, 0.15) is 11.5 Å². The van der Waals surface area contributed by atoms with Crippen LogP contribution in [0.15, 0.2) is 48.5 Å². The Bertz CT molecular complexity index is 835. The number of aliphatic hydroxyl groups excluding tert-OH is 1. The molecule has 0 radical (unpaired) electrons. The number of urea groups is 1. The molecular formula is C20H21F3N2O3. The lowest BCUT2D eigenvalue weighted by molar-refractivity contribution is -0.137. The van der Waals surface area contributed by atoms with Gasteiger partial charge in [-0.25, -0.2) is 4.79 Å². The van der Waals surface area contributed by atoms with Crippen LogP contribution in [-0.4, -0.2) is 35.7 Å². The van der Waals surface area contributed by atoms with Gasteiger partial charge in [-0.2, -0.15) is 13.2 Å². The van der Waals surface area contributed by atoms with Crippen molar-refractivity contribution in [1.82, 2.24) is 4.90 Å². The zero-order valence-electron chi connectivity index (χ0n) is 15.2. The molecular weight excluding hydrogens is 373 g/mol. The van der Waals surface area contributed by atoms with Crippen LogP contribution in [0.25, 0.3) is 0 Å². The lowest BCUT2D eigenvalue weighted by atomic mass is 9.82. The van der Waals surface area contributed by atoms with E-state index in [-0.39, 0.29) is 17.9 Å². The van der Waals surface area contributed by atoms with Crippen molar-refractivity contribution in [1.29, 1.82) is 0 Å². The summed E-state index contributed by atoms with van der Waals surface area (Å²) in [5.74, 6) is 0.655. The summed E-state index contributed by atoms with van der Waals surface area (Å²) in [5.41, 5.74) is -0.327. The van der Waals surface area contributed by atoms with Crippen molar-refractivity contribution in [2.75, 3.05) is 18.9 Å². The van der Waals surface area contributed by atoms with Crippen LogP contribution in [-0.2, 0) is 6.18 Å². The summed E-state index contributed by atoms with van der Waals surface area (Å²) < 4.78 is 43.9. The van der Waals surface area contributed by atoms with Gasteiger partial charge in [-0.05, 0) is 49.1 Å². The molecule has 28 heavy (non-hydrogen) atoms. The molecule has 0 aliphatic heterocycles. The number of carbonyl (C=O) groups is 1. The largest absolute Gasteiger partial charge is 0.457 e. The Hall–Kier alpha value is -2.74. The molecule has 0 bridgehead atoms. The third-order valence-corrected chi connectivity index (χ3v) is 4.57. The number of halogens is 3. The second-order valence-corrected chi connectivity index (χ2v) is 6.96. The Morgan fingerprint density at radius 1 is 1.18 bits per heavy atom. The summed E-state index contributed by atoms with van der Waals surface area (Å²) in [7, 11) is 1.67. The molecule has 0 aromatic heterocycles. The number of hydrogen-bond donors (Lipinski definition) is 2. The molecule has 2 amide bonds. The highest BCUT2D eigenvalue weighted by molar-refractivity contribution is 5.89. The number of anilines is 1. The second kappa shape index (κ2) is 8.10. The van der Waals surface area contributed by atoms with Crippen LogP contribution in [0.5, 0.6) is 11.5 Å². The molecule has 3 rings (SSSR count). The molecule has 2 N–H and O–H groups in total. The van der Waals surface area contributed by atoms with Gasteiger partial charge >= 0.3 is 12.2 Å². The van der Waals surface area contributed by atoms with Crippen molar-refractivity contribution in [2.24, 2.45) is 5.92 Å². The predicted octanol–water partition coefficient (Wildman–Crippen LogP) is 4.73. The fraction of sp³-hybridized carbons (Fsp3) is 0.350. The van der Waals surface area contributed by atoms with E-state index in [1.165, 1.54) is 17.0 Å². The van der Waals surface area contributed by atoms with Crippen molar-refractivity contribution in [3.63, 3.8) is 0 Å². The fourth-order valence-corrected chi connectivity index (χ4v) is 3.05. The van der Waals surface area contributed by atoms with E-state index in [9.17, 15) is 23.1 Å². The first kappa shape index (κ1) is 20.0. The second-order valence-electron chi connectivity index (χ2n) is 6.96. The van der Waals surface area contributed by atoms with Crippen LogP contribution in [0.3, 0.4) is 0 Å². The standard InChI is InChI=1S/C20H21F3N2O3/c1-25(12-13-8-16(26)9-13)19(27)24-15-5-3-7-18(11-15)28-17-6-2-4-14(10-17)20(21,22)23/h2-7,10-11,13,16,26H,8-9,12H2,1H3,(H,24,27). The molecule has 2 aromatic rings. The minimum absolute atomic E-state index is 0.0546. The van der Waals surface area contributed by atoms with Crippen molar-refractivity contribution in [2.45, 2.75) is 25.1 Å². The molecule has 0 spiro atoms. The molecule has 1 aliphatic rings. The summed E-state index contributed by atoms with van der Waals surface area (Å²) in [5, 5.41) is 12.1. The number of nitrogens with zero attached hydrogens (tertiary/aromatic N) is 1. The molecule has 8 heteroatoms. The third kappa shape index (κ3) is 5.16. The topological polar surface area (TPSA) is 61.8 Å². The Labute approximate surface area is 160 Å². The number of nitrogens with one attached hydrogen (secondary N) is 1. The highest BCUT2D eigenvalue weighted by Gasteiger charge is 2.31. The Kier molecular flexibility index (Phi) is 5.79. The number of amides is 2. The Morgan fingerprint density at radius 2 is 1.82 bits per heavy atom. The van der Waals surface area contributed by atoms with Crippen molar-refractivity contribution < 1.29 is 27.8 Å². The molecule has 0 heterocycles. The summed E-state index contributed by atoms with van der Waals surface area (Å²) in [6.07, 6.45) is -3.34. The highest BCUT2D eigenvalue weighted by atomic mass is 19.4. The molecule has 2 aromatic carbocycles. The average Bonchev–Trinajstić information content (AvgIpc) is 2.60. The molecule has 1 aliphatic carbocycles. The summed E-state index contributed by atoms with van der Waals surface area (Å²) in [4.78, 5) is 13.8. The van der Waals surface area contributed by atoms with Gasteiger partial charge in [-0.1, -0.05) is 12.1 Å². The van der Waals surface area contributed by atoms with Crippen LogP contribution >= 0.6 is 0 Å². The van der Waals surface area contributed by atoms with Gasteiger partial charge in [0.2, 0.25) is 0 Å². The first-order valence-corrected chi connectivity index (χ1v) is 8.86. The van der Waals surface area contributed by atoms with Gasteiger partial charge in [-0.15, -0.1) is 0 Å². The van der Waals surface area contributed by atoms with Gasteiger partial charge in [0.25, 0.3) is 0 Å². The van der Waals surface area contributed by atoms with E-state index in [1.54, 1.807) is 31.3 Å². The lowest BCUT2D eigenvalue weighted by Crippen LogP contribution is -2.41. The predicted molar refractivity (Wildman–Crippen MR) is 98.3 cm³/mol. The number of aliphatic hydroxyl groups is 1. The Balaban J connectivity index is 1.61. The zero-order valence-corrected chi connectivity index (χ0v) is 15.2. The van der Waals surface area contributed by atoms with E-state index in [0.29, 0.717) is 36.7 Å². The number of hydrogen-bond acceptors (Lipinski definition) is 3. The minimum Gasteiger partial charge on any atom is -0.457 e. The molecule has 150 valence electrons. The zero-order chi connectivity index (χ0) is 20.3. The number of rotatable bonds is 5. The maximum atomic E-state index is 12.8. The third-order valence-electron chi connectivity index (χ3n) is 4.57. The first-order chi connectivity index (χ1) is 13.2. The summed E-state index contributed by atoms with van der Waals surface area (Å²) in [6, 6.07) is 10.7. The van der Waals surface area contributed by atoms with E-state index < -0.39 is 11.7 Å². The maximum Gasteiger partial charge on any atom is 0.416 e. The average molecular weight is 394 g/mol. The molecule has 0 atom stereocenters. The number of alkyl halides is 3. The molecule has 5 nitrogen and oxygen atoms in total.